The number of esters is 1. The molecular weight excluding hydrogens is 368 g/mol. The van der Waals surface area contributed by atoms with Crippen LogP contribution in [0.15, 0.2) is 63.2 Å². The van der Waals surface area contributed by atoms with Gasteiger partial charge in [0.05, 0.1) is 12.1 Å². The van der Waals surface area contributed by atoms with Crippen molar-refractivity contribution in [2.24, 2.45) is 0 Å². The van der Waals surface area contributed by atoms with Crippen molar-refractivity contribution in [3.8, 4) is 22.0 Å². The van der Waals surface area contributed by atoms with E-state index in [1.54, 1.807) is 11.3 Å². The molecule has 26 heavy (non-hydrogen) atoms. The Morgan fingerprint density at radius 2 is 1.92 bits per heavy atom. The number of carbonyl (C=O) groups excluding carboxylic acids is 1. The van der Waals surface area contributed by atoms with Gasteiger partial charge < -0.3 is 9.15 Å². The van der Waals surface area contributed by atoms with E-state index < -0.39 is 0 Å². The standard InChI is InChI=1S/C19H14N2O3S2/c22-17(8-15-12-26-19(21-15)14-6-7-25-11-14)23-9-16-10-24-18(20-16)13-4-2-1-3-5-13/h1-7,10-12H,8-9H2. The number of thiazole rings is 1. The average molecular weight is 382 g/mol. The summed E-state index contributed by atoms with van der Waals surface area (Å²) < 4.78 is 10.7. The Morgan fingerprint density at radius 3 is 2.73 bits per heavy atom. The molecule has 0 N–H and O–H groups in total. The molecule has 4 aromatic rings. The number of aromatic nitrogens is 2. The van der Waals surface area contributed by atoms with Crippen molar-refractivity contribution in [2.45, 2.75) is 13.0 Å². The minimum absolute atomic E-state index is 0.0801. The van der Waals surface area contributed by atoms with Gasteiger partial charge in [0.1, 0.15) is 23.6 Å². The minimum atomic E-state index is -0.337. The zero-order valence-electron chi connectivity index (χ0n) is 13.6. The fourth-order valence-corrected chi connectivity index (χ4v) is 3.88. The maximum Gasteiger partial charge on any atom is 0.312 e. The second-order valence-electron chi connectivity index (χ2n) is 5.50. The molecule has 0 atom stereocenters. The van der Waals surface area contributed by atoms with E-state index in [-0.39, 0.29) is 19.0 Å². The van der Waals surface area contributed by atoms with E-state index in [0.29, 0.717) is 17.3 Å². The maximum absolute atomic E-state index is 12.0. The zero-order chi connectivity index (χ0) is 17.8. The first-order valence-corrected chi connectivity index (χ1v) is 9.72. The fourth-order valence-electron chi connectivity index (χ4n) is 2.35. The number of benzene rings is 1. The van der Waals surface area contributed by atoms with Crippen LogP contribution in [-0.4, -0.2) is 15.9 Å². The molecule has 0 aliphatic carbocycles. The molecule has 3 heterocycles. The predicted molar refractivity (Wildman–Crippen MR) is 101 cm³/mol. The van der Waals surface area contributed by atoms with E-state index in [2.05, 4.69) is 9.97 Å². The summed E-state index contributed by atoms with van der Waals surface area (Å²) in [6.45, 7) is 0.0801. The Balaban J connectivity index is 1.32. The van der Waals surface area contributed by atoms with Crippen molar-refractivity contribution in [1.82, 2.24) is 9.97 Å². The number of thiophene rings is 1. The average Bonchev–Trinajstić information content (AvgIpc) is 3.41. The number of carbonyl (C=O) groups is 1. The first-order chi connectivity index (χ1) is 12.8. The second-order valence-corrected chi connectivity index (χ2v) is 7.14. The third kappa shape index (κ3) is 3.89. The van der Waals surface area contributed by atoms with Gasteiger partial charge in [-0.15, -0.1) is 11.3 Å². The maximum atomic E-state index is 12.0. The molecule has 0 bridgehead atoms. The molecule has 0 unspecified atom stereocenters. The number of oxazole rings is 1. The number of nitrogens with zero attached hydrogens (tertiary/aromatic N) is 2. The lowest BCUT2D eigenvalue weighted by atomic mass is 10.2. The van der Waals surface area contributed by atoms with Crippen LogP contribution in [0.2, 0.25) is 0 Å². The Kier molecular flexibility index (Phi) is 4.90. The van der Waals surface area contributed by atoms with E-state index in [0.717, 1.165) is 16.1 Å². The van der Waals surface area contributed by atoms with Crippen molar-refractivity contribution in [1.29, 1.82) is 0 Å². The molecule has 5 nitrogen and oxygen atoms in total. The van der Waals surface area contributed by atoms with Crippen LogP contribution in [0, 0.1) is 0 Å². The van der Waals surface area contributed by atoms with Crippen molar-refractivity contribution in [2.75, 3.05) is 0 Å². The van der Waals surface area contributed by atoms with Crippen LogP contribution in [0.1, 0.15) is 11.4 Å². The van der Waals surface area contributed by atoms with E-state index in [1.807, 2.05) is 52.5 Å². The lowest BCUT2D eigenvalue weighted by Crippen LogP contribution is -2.08. The van der Waals surface area contributed by atoms with Crippen molar-refractivity contribution < 1.29 is 13.9 Å². The van der Waals surface area contributed by atoms with E-state index in [4.69, 9.17) is 9.15 Å². The van der Waals surface area contributed by atoms with E-state index >= 15 is 0 Å². The molecule has 0 saturated carbocycles. The van der Waals surface area contributed by atoms with E-state index in [9.17, 15) is 4.79 Å². The predicted octanol–water partition coefficient (Wildman–Crippen LogP) is 4.81. The van der Waals surface area contributed by atoms with Crippen molar-refractivity contribution in [3.63, 3.8) is 0 Å². The van der Waals surface area contributed by atoms with Crippen LogP contribution in [0.5, 0.6) is 0 Å². The molecule has 130 valence electrons. The van der Waals surface area contributed by atoms with Gasteiger partial charge in [0.2, 0.25) is 5.89 Å². The molecule has 1 aromatic carbocycles. The fraction of sp³-hybridized carbons (Fsp3) is 0.105. The van der Waals surface area contributed by atoms with Gasteiger partial charge in [0.15, 0.2) is 0 Å². The SMILES string of the molecule is O=C(Cc1csc(-c2ccsc2)n1)OCc1coc(-c2ccccc2)n1. The molecule has 0 aliphatic heterocycles. The Morgan fingerprint density at radius 1 is 1.04 bits per heavy atom. The van der Waals surface area contributed by atoms with Crippen LogP contribution in [0.3, 0.4) is 0 Å². The molecule has 7 heteroatoms. The smallest absolute Gasteiger partial charge is 0.312 e. The first kappa shape index (κ1) is 16.7. The second kappa shape index (κ2) is 7.63. The van der Waals surface area contributed by atoms with Crippen LogP contribution < -0.4 is 0 Å². The number of ether oxygens (including phenoxy) is 1. The summed E-state index contributed by atoms with van der Waals surface area (Å²) >= 11 is 3.15. The number of hydrogen-bond acceptors (Lipinski definition) is 7. The van der Waals surface area contributed by atoms with Crippen LogP contribution in [0.4, 0.5) is 0 Å². The van der Waals surface area contributed by atoms with Crippen LogP contribution >= 0.6 is 22.7 Å². The topological polar surface area (TPSA) is 65.2 Å². The molecule has 0 aliphatic rings. The van der Waals surface area contributed by atoms with Gasteiger partial charge in [0, 0.05) is 21.9 Å². The summed E-state index contributed by atoms with van der Waals surface area (Å²) in [5.41, 5.74) is 3.25. The summed E-state index contributed by atoms with van der Waals surface area (Å²) in [4.78, 5) is 20.9. The summed E-state index contributed by atoms with van der Waals surface area (Å²) in [5.74, 6) is 0.174. The van der Waals surface area contributed by atoms with Gasteiger partial charge >= 0.3 is 5.97 Å². The number of hydrogen-bond donors (Lipinski definition) is 0. The third-order valence-electron chi connectivity index (χ3n) is 3.60. The molecule has 3 aromatic heterocycles. The van der Waals surface area contributed by atoms with Gasteiger partial charge in [-0.2, -0.15) is 11.3 Å². The van der Waals surface area contributed by atoms with Gasteiger partial charge in [-0.3, -0.25) is 4.79 Å². The highest BCUT2D eigenvalue weighted by atomic mass is 32.1. The van der Waals surface area contributed by atoms with Gasteiger partial charge in [-0.05, 0) is 23.6 Å². The van der Waals surface area contributed by atoms with Crippen LogP contribution in [-0.2, 0) is 22.6 Å². The largest absolute Gasteiger partial charge is 0.459 e. The highest BCUT2D eigenvalue weighted by Crippen LogP contribution is 2.26. The summed E-state index contributed by atoms with van der Waals surface area (Å²) in [6, 6.07) is 11.6. The monoisotopic (exact) mass is 382 g/mol. The van der Waals surface area contributed by atoms with Gasteiger partial charge in [-0.1, -0.05) is 18.2 Å². The summed E-state index contributed by atoms with van der Waals surface area (Å²) in [6.07, 6.45) is 1.65. The molecular formula is C19H14N2O3S2. The Labute approximate surface area is 157 Å². The van der Waals surface area contributed by atoms with Gasteiger partial charge in [-0.25, -0.2) is 9.97 Å². The van der Waals surface area contributed by atoms with Crippen molar-refractivity contribution in [3.05, 3.63) is 70.2 Å². The Bertz CT molecular complexity index is 991. The lowest BCUT2D eigenvalue weighted by molar-refractivity contribution is -0.144. The summed E-state index contributed by atoms with van der Waals surface area (Å²) in [5, 5.41) is 6.85. The highest BCUT2D eigenvalue weighted by molar-refractivity contribution is 7.14. The van der Waals surface area contributed by atoms with Crippen LogP contribution in [0.25, 0.3) is 22.0 Å². The lowest BCUT2D eigenvalue weighted by Gasteiger charge is -2.00. The molecule has 0 radical (unpaired) electrons. The van der Waals surface area contributed by atoms with Crippen molar-refractivity contribution >= 4 is 28.6 Å². The minimum Gasteiger partial charge on any atom is -0.459 e. The number of rotatable bonds is 6. The Hall–Kier alpha value is -2.77. The quantitative estimate of drug-likeness (QED) is 0.448. The third-order valence-corrected chi connectivity index (χ3v) is 5.22. The molecule has 0 amide bonds. The first-order valence-electron chi connectivity index (χ1n) is 7.90. The molecule has 0 fully saturated rings. The van der Waals surface area contributed by atoms with Gasteiger partial charge in [0.25, 0.3) is 0 Å². The molecule has 4 rings (SSSR count). The van der Waals surface area contributed by atoms with E-state index in [1.165, 1.54) is 17.6 Å². The molecule has 0 saturated heterocycles. The molecule has 0 spiro atoms. The normalized spacial score (nSPS) is 10.8. The summed E-state index contributed by atoms with van der Waals surface area (Å²) in [7, 11) is 0. The zero-order valence-corrected chi connectivity index (χ0v) is 15.3. The highest BCUT2D eigenvalue weighted by Gasteiger charge is 2.12.